The van der Waals surface area contributed by atoms with Crippen LogP contribution in [0, 0.1) is 5.82 Å². The van der Waals surface area contributed by atoms with Gasteiger partial charge in [-0.2, -0.15) is 9.41 Å². The lowest BCUT2D eigenvalue weighted by atomic mass is 10.2. The van der Waals surface area contributed by atoms with Gasteiger partial charge in [-0.05, 0) is 47.5 Å². The number of halogens is 2. The molecule has 0 fully saturated rings. The number of hydrogen-bond acceptors (Lipinski definition) is 4. The van der Waals surface area contributed by atoms with Gasteiger partial charge in [0.05, 0.1) is 17.7 Å². The van der Waals surface area contributed by atoms with E-state index in [9.17, 15) is 17.6 Å². The molecule has 3 rings (SSSR count). The van der Waals surface area contributed by atoms with E-state index < -0.39 is 28.3 Å². The van der Waals surface area contributed by atoms with Crippen molar-refractivity contribution in [3.05, 3.63) is 101 Å². The molecule has 0 aliphatic carbocycles. The summed E-state index contributed by atoms with van der Waals surface area (Å²) in [5.74, 6) is -1.07. The maximum absolute atomic E-state index is 13.2. The van der Waals surface area contributed by atoms with Crippen molar-refractivity contribution in [2.24, 2.45) is 5.10 Å². The third-order valence-corrected chi connectivity index (χ3v) is 6.28. The third-order valence-electron chi connectivity index (χ3n) is 4.22. The average Bonchev–Trinajstić information content (AvgIpc) is 2.74. The molecule has 0 saturated heterocycles. The molecule has 3 aromatic rings. The zero-order valence-electron chi connectivity index (χ0n) is 16.3. The van der Waals surface area contributed by atoms with Gasteiger partial charge in [-0.3, -0.25) is 4.79 Å². The molecule has 0 saturated carbocycles. The lowest BCUT2D eigenvalue weighted by molar-refractivity contribution is -0.121. The number of hydrogen-bond donors (Lipinski definition) is 1. The largest absolute Gasteiger partial charge is 0.272 e. The van der Waals surface area contributed by atoms with E-state index >= 15 is 0 Å². The fraction of sp³-hybridized carbons (Fsp3) is 0.0909. The molecule has 0 aliphatic heterocycles. The van der Waals surface area contributed by atoms with Crippen LogP contribution >= 0.6 is 11.6 Å². The van der Waals surface area contributed by atoms with Gasteiger partial charge in [-0.1, -0.05) is 54.1 Å². The summed E-state index contributed by atoms with van der Waals surface area (Å²) in [5.41, 5.74) is 3.45. The Morgan fingerprint density at radius 3 is 2.42 bits per heavy atom. The highest BCUT2D eigenvalue weighted by atomic mass is 35.5. The summed E-state index contributed by atoms with van der Waals surface area (Å²) >= 11 is 5.86. The normalized spacial score (nSPS) is 11.7. The minimum atomic E-state index is -3.98. The van der Waals surface area contributed by atoms with E-state index in [1.165, 1.54) is 48.7 Å². The van der Waals surface area contributed by atoms with Crippen molar-refractivity contribution in [3.63, 3.8) is 0 Å². The van der Waals surface area contributed by atoms with Crippen LogP contribution in [0.5, 0.6) is 0 Å². The first-order valence-electron chi connectivity index (χ1n) is 9.22. The fourth-order valence-electron chi connectivity index (χ4n) is 2.73. The van der Waals surface area contributed by atoms with Crippen LogP contribution in [0.15, 0.2) is 88.9 Å². The van der Waals surface area contributed by atoms with Gasteiger partial charge in [0.25, 0.3) is 5.91 Å². The van der Waals surface area contributed by atoms with E-state index in [0.717, 1.165) is 9.87 Å². The van der Waals surface area contributed by atoms with Crippen LogP contribution < -0.4 is 5.43 Å². The molecule has 0 unspecified atom stereocenters. The van der Waals surface area contributed by atoms with Gasteiger partial charge in [0, 0.05) is 11.6 Å². The van der Waals surface area contributed by atoms with E-state index in [2.05, 4.69) is 10.5 Å². The van der Waals surface area contributed by atoms with Gasteiger partial charge in [0.2, 0.25) is 10.0 Å². The van der Waals surface area contributed by atoms with Crippen LogP contribution in [0.3, 0.4) is 0 Å². The Kier molecular flexibility index (Phi) is 7.51. The summed E-state index contributed by atoms with van der Waals surface area (Å²) < 4.78 is 40.6. The first-order valence-corrected chi connectivity index (χ1v) is 11.0. The molecule has 0 spiro atoms. The molecule has 0 aromatic heterocycles. The molecule has 9 heteroatoms. The number of nitrogens with zero attached hydrogens (tertiary/aromatic N) is 2. The van der Waals surface area contributed by atoms with Crippen molar-refractivity contribution in [1.29, 1.82) is 0 Å². The van der Waals surface area contributed by atoms with Crippen LogP contribution in [0.1, 0.15) is 11.1 Å². The van der Waals surface area contributed by atoms with Crippen molar-refractivity contribution in [2.45, 2.75) is 11.4 Å². The van der Waals surface area contributed by atoms with Gasteiger partial charge < -0.3 is 0 Å². The molecule has 3 aromatic carbocycles. The van der Waals surface area contributed by atoms with Crippen molar-refractivity contribution in [2.75, 3.05) is 6.54 Å². The lowest BCUT2D eigenvalue weighted by Crippen LogP contribution is -2.39. The molecule has 1 amide bonds. The summed E-state index contributed by atoms with van der Waals surface area (Å²) in [6.07, 6.45) is 1.27. The first-order chi connectivity index (χ1) is 14.8. The molecule has 160 valence electrons. The summed E-state index contributed by atoms with van der Waals surface area (Å²) in [6, 6.07) is 20.3. The summed E-state index contributed by atoms with van der Waals surface area (Å²) in [6.45, 7) is -0.465. The van der Waals surface area contributed by atoms with Crippen LogP contribution in [0.4, 0.5) is 4.39 Å². The quantitative estimate of drug-likeness (QED) is 0.411. The van der Waals surface area contributed by atoms with Crippen LogP contribution in [0.25, 0.3) is 0 Å². The second kappa shape index (κ2) is 10.3. The SMILES string of the molecule is O=C(CN(Cc1ccccc1)S(=O)(=O)c1ccc(Cl)cc1)N/N=C\c1cccc(F)c1. The number of carbonyl (C=O) groups excluding carboxylic acids is 1. The van der Waals surface area contributed by atoms with Crippen molar-refractivity contribution in [3.8, 4) is 0 Å². The van der Waals surface area contributed by atoms with E-state index in [1.807, 2.05) is 6.07 Å². The number of amides is 1. The maximum atomic E-state index is 13.2. The predicted octanol–water partition coefficient (Wildman–Crippen LogP) is 3.82. The topological polar surface area (TPSA) is 78.8 Å². The Hall–Kier alpha value is -3.07. The first kappa shape index (κ1) is 22.6. The fourth-order valence-corrected chi connectivity index (χ4v) is 4.24. The highest BCUT2D eigenvalue weighted by Gasteiger charge is 2.26. The number of nitrogens with one attached hydrogen (secondary N) is 1. The third kappa shape index (κ3) is 6.45. The Morgan fingerprint density at radius 2 is 1.74 bits per heavy atom. The molecule has 6 nitrogen and oxygen atoms in total. The van der Waals surface area contributed by atoms with Gasteiger partial charge in [-0.25, -0.2) is 18.2 Å². The van der Waals surface area contributed by atoms with Crippen molar-refractivity contribution < 1.29 is 17.6 Å². The Labute approximate surface area is 185 Å². The number of rotatable bonds is 8. The van der Waals surface area contributed by atoms with E-state index in [-0.39, 0.29) is 11.4 Å². The highest BCUT2D eigenvalue weighted by molar-refractivity contribution is 7.89. The second-order valence-corrected chi connectivity index (χ2v) is 8.94. The van der Waals surface area contributed by atoms with Gasteiger partial charge in [0.15, 0.2) is 0 Å². The summed E-state index contributed by atoms with van der Waals surface area (Å²) in [4.78, 5) is 12.4. The minimum absolute atomic E-state index is 0.00711. The molecular formula is C22H19ClFN3O3S. The van der Waals surface area contributed by atoms with E-state index in [0.29, 0.717) is 10.6 Å². The van der Waals surface area contributed by atoms with Gasteiger partial charge in [0.1, 0.15) is 5.82 Å². The lowest BCUT2D eigenvalue weighted by Gasteiger charge is -2.21. The number of sulfonamides is 1. The smallest absolute Gasteiger partial charge is 0.255 e. The standard InChI is InChI=1S/C22H19ClFN3O3S/c23-19-9-11-21(12-10-19)31(29,30)27(15-17-5-2-1-3-6-17)16-22(28)26-25-14-18-7-4-8-20(24)13-18/h1-14H,15-16H2,(H,26,28)/b25-14-. The Bertz CT molecular complexity index is 1170. The van der Waals surface area contributed by atoms with E-state index in [4.69, 9.17) is 11.6 Å². The summed E-state index contributed by atoms with van der Waals surface area (Å²) in [5, 5.41) is 4.18. The molecule has 0 atom stereocenters. The Balaban J connectivity index is 1.77. The number of hydrazone groups is 1. The van der Waals surface area contributed by atoms with Crippen LogP contribution in [-0.2, 0) is 21.4 Å². The highest BCUT2D eigenvalue weighted by Crippen LogP contribution is 2.20. The zero-order valence-corrected chi connectivity index (χ0v) is 17.9. The van der Waals surface area contributed by atoms with Crippen molar-refractivity contribution >= 4 is 33.7 Å². The van der Waals surface area contributed by atoms with Crippen molar-refractivity contribution in [1.82, 2.24) is 9.73 Å². The molecule has 0 aliphatic rings. The Morgan fingerprint density at radius 1 is 1.03 bits per heavy atom. The molecular weight excluding hydrogens is 441 g/mol. The van der Waals surface area contributed by atoms with E-state index in [1.54, 1.807) is 30.3 Å². The molecule has 0 heterocycles. The van der Waals surface area contributed by atoms with Crippen LogP contribution in [-0.4, -0.2) is 31.4 Å². The van der Waals surface area contributed by atoms with Crippen LogP contribution in [0.2, 0.25) is 5.02 Å². The monoisotopic (exact) mass is 459 g/mol. The maximum Gasteiger partial charge on any atom is 0.255 e. The zero-order chi connectivity index (χ0) is 22.3. The average molecular weight is 460 g/mol. The molecule has 31 heavy (non-hydrogen) atoms. The summed E-state index contributed by atoms with van der Waals surface area (Å²) in [7, 11) is -3.98. The van der Waals surface area contributed by atoms with Gasteiger partial charge in [-0.15, -0.1) is 0 Å². The number of carbonyl (C=O) groups is 1. The number of benzene rings is 3. The predicted molar refractivity (Wildman–Crippen MR) is 118 cm³/mol. The van der Waals surface area contributed by atoms with Gasteiger partial charge >= 0.3 is 0 Å². The molecule has 0 bridgehead atoms. The second-order valence-electron chi connectivity index (χ2n) is 6.56. The minimum Gasteiger partial charge on any atom is -0.272 e. The molecule has 0 radical (unpaired) electrons. The molecule has 1 N–H and O–H groups in total.